The molecule has 0 radical (unpaired) electrons. The zero-order valence-corrected chi connectivity index (χ0v) is 12.7. The Morgan fingerprint density at radius 2 is 2.10 bits per heavy atom. The third-order valence-corrected chi connectivity index (χ3v) is 3.91. The predicted molar refractivity (Wildman–Crippen MR) is 79.9 cm³/mol. The molecule has 1 aromatic carbocycles. The van der Waals surface area contributed by atoms with Gasteiger partial charge in [0.05, 0.1) is 17.2 Å². The van der Waals surface area contributed by atoms with Gasteiger partial charge in [-0.2, -0.15) is 0 Å². The molecule has 0 aliphatic rings. The average molecular weight is 308 g/mol. The molecule has 1 N–H and O–H groups in total. The lowest BCUT2D eigenvalue weighted by Gasteiger charge is -2.06. The minimum Gasteiger partial charge on any atom is -0.484 e. The van der Waals surface area contributed by atoms with Gasteiger partial charge < -0.3 is 10.1 Å². The fourth-order valence-corrected chi connectivity index (χ4v) is 2.42. The summed E-state index contributed by atoms with van der Waals surface area (Å²) in [6.07, 6.45) is 0. The number of benzene rings is 1. The summed E-state index contributed by atoms with van der Waals surface area (Å²) in [7, 11) is 0. The first-order valence-corrected chi connectivity index (χ1v) is 7.52. The molecule has 0 spiro atoms. The number of hydrogen-bond donors (Lipinski definition) is 1. The van der Waals surface area contributed by atoms with E-state index in [-0.39, 0.29) is 18.3 Å². The molecule has 4 nitrogen and oxygen atoms in total. The molecule has 21 heavy (non-hydrogen) atoms. The molecule has 2 aromatic rings. The lowest BCUT2D eigenvalue weighted by molar-refractivity contribution is -0.123. The highest BCUT2D eigenvalue weighted by molar-refractivity contribution is 7.09. The van der Waals surface area contributed by atoms with Crippen molar-refractivity contribution in [3.8, 4) is 5.75 Å². The van der Waals surface area contributed by atoms with Crippen molar-refractivity contribution < 1.29 is 13.9 Å². The highest BCUT2D eigenvalue weighted by Crippen LogP contribution is 2.18. The average Bonchev–Trinajstić information content (AvgIpc) is 2.93. The van der Waals surface area contributed by atoms with Crippen LogP contribution in [0.25, 0.3) is 0 Å². The summed E-state index contributed by atoms with van der Waals surface area (Å²) >= 11 is 1.59. The summed E-state index contributed by atoms with van der Waals surface area (Å²) in [5.74, 6) is 0.276. The molecule has 0 aliphatic heterocycles. The maximum atomic E-state index is 12.7. The van der Waals surface area contributed by atoms with Crippen molar-refractivity contribution in [2.45, 2.75) is 26.3 Å². The van der Waals surface area contributed by atoms with E-state index in [0.717, 1.165) is 10.7 Å². The molecule has 1 aromatic heterocycles. The molecular formula is C15H17FN2O2S. The van der Waals surface area contributed by atoms with Gasteiger partial charge in [0.25, 0.3) is 5.91 Å². The fourth-order valence-electron chi connectivity index (χ4n) is 1.59. The van der Waals surface area contributed by atoms with E-state index in [4.69, 9.17) is 4.74 Å². The summed E-state index contributed by atoms with van der Waals surface area (Å²) in [5, 5.41) is 5.74. The predicted octanol–water partition coefficient (Wildman–Crippen LogP) is 3.10. The van der Waals surface area contributed by atoms with Gasteiger partial charge in [0.15, 0.2) is 6.61 Å². The standard InChI is InChI=1S/C15H17FN2O2S/c1-10(2)15-18-12(9-21-15)7-17-14(19)8-20-13-5-3-11(16)4-6-13/h3-6,9-10H,7-8H2,1-2H3,(H,17,19). The first-order valence-electron chi connectivity index (χ1n) is 6.64. The molecule has 1 heterocycles. The molecule has 0 bridgehead atoms. The highest BCUT2D eigenvalue weighted by Gasteiger charge is 2.07. The van der Waals surface area contributed by atoms with Crippen LogP contribution in [0.3, 0.4) is 0 Å². The normalized spacial score (nSPS) is 10.7. The second-order valence-corrected chi connectivity index (χ2v) is 5.74. The van der Waals surface area contributed by atoms with Crippen molar-refractivity contribution in [2.75, 3.05) is 6.61 Å². The van der Waals surface area contributed by atoms with Gasteiger partial charge in [-0.3, -0.25) is 4.79 Å². The molecule has 2 rings (SSSR count). The third kappa shape index (κ3) is 4.82. The molecule has 112 valence electrons. The van der Waals surface area contributed by atoms with Crippen LogP contribution in [0.15, 0.2) is 29.6 Å². The first kappa shape index (κ1) is 15.4. The smallest absolute Gasteiger partial charge is 0.258 e. The third-order valence-electron chi connectivity index (χ3n) is 2.71. The Morgan fingerprint density at radius 1 is 1.38 bits per heavy atom. The van der Waals surface area contributed by atoms with E-state index in [1.165, 1.54) is 24.3 Å². The molecule has 0 fully saturated rings. The Balaban J connectivity index is 1.75. The van der Waals surface area contributed by atoms with Crippen molar-refractivity contribution in [3.05, 3.63) is 46.2 Å². The zero-order valence-electron chi connectivity index (χ0n) is 11.9. The van der Waals surface area contributed by atoms with Crippen LogP contribution in [0, 0.1) is 5.82 Å². The van der Waals surface area contributed by atoms with E-state index in [0.29, 0.717) is 18.2 Å². The van der Waals surface area contributed by atoms with E-state index < -0.39 is 0 Å². The molecule has 0 atom stereocenters. The van der Waals surface area contributed by atoms with E-state index in [9.17, 15) is 9.18 Å². The van der Waals surface area contributed by atoms with Crippen LogP contribution >= 0.6 is 11.3 Å². The minimum atomic E-state index is -0.337. The van der Waals surface area contributed by atoms with Crippen molar-refractivity contribution in [1.82, 2.24) is 10.3 Å². The zero-order chi connectivity index (χ0) is 15.2. The lowest BCUT2D eigenvalue weighted by atomic mass is 10.2. The highest BCUT2D eigenvalue weighted by atomic mass is 32.1. The molecule has 6 heteroatoms. The first-order chi connectivity index (χ1) is 10.0. The number of rotatable bonds is 6. The Hall–Kier alpha value is -1.95. The van der Waals surface area contributed by atoms with Crippen LogP contribution in [0.2, 0.25) is 0 Å². The monoisotopic (exact) mass is 308 g/mol. The van der Waals surface area contributed by atoms with E-state index in [1.807, 2.05) is 5.38 Å². The van der Waals surface area contributed by atoms with Crippen molar-refractivity contribution in [3.63, 3.8) is 0 Å². The molecular weight excluding hydrogens is 291 g/mol. The maximum Gasteiger partial charge on any atom is 0.258 e. The van der Waals surface area contributed by atoms with Gasteiger partial charge in [0.1, 0.15) is 11.6 Å². The van der Waals surface area contributed by atoms with Gasteiger partial charge >= 0.3 is 0 Å². The second-order valence-electron chi connectivity index (χ2n) is 4.85. The summed E-state index contributed by atoms with van der Waals surface area (Å²) in [6, 6.07) is 5.54. The van der Waals surface area contributed by atoms with Crippen LogP contribution in [0.1, 0.15) is 30.5 Å². The molecule has 0 aliphatic carbocycles. The van der Waals surface area contributed by atoms with Gasteiger partial charge in [-0.1, -0.05) is 13.8 Å². The van der Waals surface area contributed by atoms with Gasteiger partial charge in [0.2, 0.25) is 0 Å². The number of carbonyl (C=O) groups is 1. The van der Waals surface area contributed by atoms with Crippen LogP contribution in [-0.4, -0.2) is 17.5 Å². The van der Waals surface area contributed by atoms with E-state index in [2.05, 4.69) is 24.1 Å². The number of carbonyl (C=O) groups excluding carboxylic acids is 1. The van der Waals surface area contributed by atoms with Crippen molar-refractivity contribution >= 4 is 17.2 Å². The van der Waals surface area contributed by atoms with Gasteiger partial charge in [-0.15, -0.1) is 11.3 Å². The summed E-state index contributed by atoms with van der Waals surface area (Å²) in [4.78, 5) is 16.1. The number of hydrogen-bond acceptors (Lipinski definition) is 4. The number of aromatic nitrogens is 1. The maximum absolute atomic E-state index is 12.7. The number of nitrogens with one attached hydrogen (secondary N) is 1. The minimum absolute atomic E-state index is 0.104. The number of halogens is 1. The summed E-state index contributed by atoms with van der Waals surface area (Å²) < 4.78 is 18.0. The molecule has 0 saturated carbocycles. The lowest BCUT2D eigenvalue weighted by Crippen LogP contribution is -2.28. The Labute approximate surface area is 127 Å². The van der Waals surface area contributed by atoms with Crippen LogP contribution in [0.4, 0.5) is 4.39 Å². The number of ether oxygens (including phenoxy) is 1. The molecule has 0 unspecified atom stereocenters. The molecule has 0 saturated heterocycles. The fraction of sp³-hybridized carbons (Fsp3) is 0.333. The van der Waals surface area contributed by atoms with Crippen molar-refractivity contribution in [1.29, 1.82) is 0 Å². The number of amides is 1. The Kier molecular flexibility index (Phi) is 5.27. The number of thiazole rings is 1. The summed E-state index contributed by atoms with van der Waals surface area (Å²) in [6.45, 7) is 4.44. The van der Waals surface area contributed by atoms with Crippen LogP contribution < -0.4 is 10.1 Å². The summed E-state index contributed by atoms with van der Waals surface area (Å²) in [5.41, 5.74) is 0.846. The Morgan fingerprint density at radius 3 is 2.71 bits per heavy atom. The van der Waals surface area contributed by atoms with E-state index in [1.54, 1.807) is 11.3 Å². The largest absolute Gasteiger partial charge is 0.484 e. The topological polar surface area (TPSA) is 51.2 Å². The molecule has 1 amide bonds. The SMILES string of the molecule is CC(C)c1nc(CNC(=O)COc2ccc(F)cc2)cs1. The van der Waals surface area contributed by atoms with Gasteiger partial charge in [-0.25, -0.2) is 9.37 Å². The van der Waals surface area contributed by atoms with Crippen LogP contribution in [-0.2, 0) is 11.3 Å². The van der Waals surface area contributed by atoms with Crippen LogP contribution in [0.5, 0.6) is 5.75 Å². The van der Waals surface area contributed by atoms with Gasteiger partial charge in [-0.05, 0) is 24.3 Å². The second kappa shape index (κ2) is 7.17. The van der Waals surface area contributed by atoms with Gasteiger partial charge in [0, 0.05) is 11.3 Å². The van der Waals surface area contributed by atoms with Crippen molar-refractivity contribution in [2.24, 2.45) is 0 Å². The quantitative estimate of drug-likeness (QED) is 0.892. The van der Waals surface area contributed by atoms with E-state index >= 15 is 0 Å². The number of nitrogens with zero attached hydrogens (tertiary/aromatic N) is 1. The Bertz CT molecular complexity index is 596.